The third-order valence-electron chi connectivity index (χ3n) is 3.54. The summed E-state index contributed by atoms with van der Waals surface area (Å²) in [6, 6.07) is 4.33. The molecule has 0 unspecified atom stereocenters. The fourth-order valence-corrected chi connectivity index (χ4v) is 6.24. The Morgan fingerprint density at radius 1 is 1.23 bits per heavy atom. The van der Waals surface area contributed by atoms with Crippen LogP contribution < -0.4 is 14.2 Å². The van der Waals surface area contributed by atoms with Gasteiger partial charge in [0, 0.05) is 11.6 Å². The summed E-state index contributed by atoms with van der Waals surface area (Å²) in [4.78, 5) is -0.0543. The SMILES string of the molecule is COc1ccc(S(=O)(=O)N[C@@]2(C)CCS(=O)(=O)C2)c(OC)c1. The van der Waals surface area contributed by atoms with E-state index in [2.05, 4.69) is 4.72 Å². The zero-order valence-corrected chi connectivity index (χ0v) is 14.3. The summed E-state index contributed by atoms with van der Waals surface area (Å²) in [5.41, 5.74) is -1.01. The molecule has 1 aromatic rings. The molecule has 0 bridgehead atoms. The van der Waals surface area contributed by atoms with Crippen LogP contribution in [0.1, 0.15) is 13.3 Å². The van der Waals surface area contributed by atoms with Crippen molar-refractivity contribution < 1.29 is 26.3 Å². The van der Waals surface area contributed by atoms with E-state index < -0.39 is 25.4 Å². The lowest BCUT2D eigenvalue weighted by Gasteiger charge is -2.24. The zero-order valence-electron chi connectivity index (χ0n) is 12.6. The molecule has 22 heavy (non-hydrogen) atoms. The summed E-state index contributed by atoms with van der Waals surface area (Å²) in [7, 11) is -4.31. The lowest BCUT2D eigenvalue weighted by atomic mass is 10.0. The van der Waals surface area contributed by atoms with Crippen molar-refractivity contribution in [1.29, 1.82) is 0 Å². The maximum absolute atomic E-state index is 12.6. The van der Waals surface area contributed by atoms with Crippen molar-refractivity contribution in [3.63, 3.8) is 0 Å². The van der Waals surface area contributed by atoms with Gasteiger partial charge in [0.1, 0.15) is 16.4 Å². The van der Waals surface area contributed by atoms with Crippen LogP contribution in [0.5, 0.6) is 11.5 Å². The Morgan fingerprint density at radius 3 is 2.41 bits per heavy atom. The molecule has 2 rings (SSSR count). The van der Waals surface area contributed by atoms with E-state index in [0.717, 1.165) is 0 Å². The average Bonchev–Trinajstić information content (AvgIpc) is 2.70. The van der Waals surface area contributed by atoms with Gasteiger partial charge in [-0.15, -0.1) is 0 Å². The highest BCUT2D eigenvalue weighted by Crippen LogP contribution is 2.31. The largest absolute Gasteiger partial charge is 0.497 e. The second-order valence-corrected chi connectivity index (χ2v) is 9.36. The van der Waals surface area contributed by atoms with E-state index in [1.807, 2.05) is 0 Å². The minimum absolute atomic E-state index is 0.0221. The standard InChI is InChI=1S/C13H19NO6S2/c1-13(6-7-21(15,16)9-13)14-22(17,18)12-5-4-10(19-2)8-11(12)20-3/h4-5,8,14H,6-7,9H2,1-3H3/t13-/m0/s1. The molecule has 0 amide bonds. The molecule has 0 radical (unpaired) electrons. The number of sulfonamides is 1. The number of ether oxygens (including phenoxy) is 2. The van der Waals surface area contributed by atoms with Crippen LogP contribution in [0.2, 0.25) is 0 Å². The van der Waals surface area contributed by atoms with Gasteiger partial charge in [-0.25, -0.2) is 21.6 Å². The van der Waals surface area contributed by atoms with Gasteiger partial charge in [-0.1, -0.05) is 0 Å². The molecule has 0 aliphatic carbocycles. The Hall–Kier alpha value is -1.32. The number of methoxy groups -OCH3 is 2. The van der Waals surface area contributed by atoms with Gasteiger partial charge in [0.15, 0.2) is 9.84 Å². The van der Waals surface area contributed by atoms with Gasteiger partial charge < -0.3 is 9.47 Å². The van der Waals surface area contributed by atoms with Crippen LogP contribution in [0.3, 0.4) is 0 Å². The lowest BCUT2D eigenvalue weighted by molar-refractivity contribution is 0.385. The summed E-state index contributed by atoms with van der Waals surface area (Å²) >= 11 is 0. The molecule has 0 spiro atoms. The fraction of sp³-hybridized carbons (Fsp3) is 0.538. The first-order valence-corrected chi connectivity index (χ1v) is 9.88. The molecule has 1 saturated heterocycles. The van der Waals surface area contributed by atoms with Gasteiger partial charge in [0.05, 0.1) is 25.7 Å². The molecule has 1 fully saturated rings. The highest BCUT2D eigenvalue weighted by molar-refractivity contribution is 7.92. The van der Waals surface area contributed by atoms with Crippen molar-refractivity contribution in [1.82, 2.24) is 4.72 Å². The van der Waals surface area contributed by atoms with Gasteiger partial charge >= 0.3 is 0 Å². The number of hydrogen-bond acceptors (Lipinski definition) is 6. The second kappa shape index (κ2) is 5.71. The van der Waals surface area contributed by atoms with E-state index in [1.165, 1.54) is 32.4 Å². The molecule has 1 aromatic carbocycles. The highest BCUT2D eigenvalue weighted by Gasteiger charge is 2.41. The van der Waals surface area contributed by atoms with Gasteiger partial charge in [-0.3, -0.25) is 0 Å². The topological polar surface area (TPSA) is 98.8 Å². The maximum atomic E-state index is 12.6. The van der Waals surface area contributed by atoms with Gasteiger partial charge in [-0.05, 0) is 25.5 Å². The van der Waals surface area contributed by atoms with Gasteiger partial charge in [-0.2, -0.15) is 0 Å². The molecule has 7 nitrogen and oxygen atoms in total. The quantitative estimate of drug-likeness (QED) is 0.834. The van der Waals surface area contributed by atoms with Gasteiger partial charge in [0.2, 0.25) is 10.0 Å². The summed E-state index contributed by atoms with van der Waals surface area (Å²) in [6.45, 7) is 1.59. The first-order valence-electron chi connectivity index (χ1n) is 6.57. The molecule has 1 N–H and O–H groups in total. The summed E-state index contributed by atoms with van der Waals surface area (Å²) in [6.07, 6.45) is 0.243. The van der Waals surface area contributed by atoms with Gasteiger partial charge in [0.25, 0.3) is 0 Å². The van der Waals surface area contributed by atoms with Crippen molar-refractivity contribution in [3.05, 3.63) is 18.2 Å². The smallest absolute Gasteiger partial charge is 0.244 e. The Morgan fingerprint density at radius 2 is 1.91 bits per heavy atom. The normalized spacial score (nSPS) is 24.1. The average molecular weight is 349 g/mol. The fourth-order valence-electron chi connectivity index (χ4n) is 2.47. The Kier molecular flexibility index (Phi) is 4.42. The first kappa shape index (κ1) is 17.0. The minimum atomic E-state index is -3.92. The third kappa shape index (κ3) is 3.53. The first-order chi connectivity index (χ1) is 10.1. The Bertz CT molecular complexity index is 772. The number of sulfone groups is 1. The van der Waals surface area contributed by atoms with E-state index >= 15 is 0 Å². The summed E-state index contributed by atoms with van der Waals surface area (Å²) in [5.74, 6) is 0.366. The van der Waals surface area contributed by atoms with Crippen LogP contribution >= 0.6 is 0 Å². The Balaban J connectivity index is 2.35. The zero-order chi connectivity index (χ0) is 16.6. The van der Waals surface area contributed by atoms with Crippen molar-refractivity contribution in [2.75, 3.05) is 25.7 Å². The van der Waals surface area contributed by atoms with E-state index in [4.69, 9.17) is 9.47 Å². The number of rotatable bonds is 5. The van der Waals surface area contributed by atoms with E-state index in [1.54, 1.807) is 6.92 Å². The third-order valence-corrected chi connectivity index (χ3v) is 7.13. The molecular formula is C13H19NO6S2. The van der Waals surface area contributed by atoms with E-state index in [-0.39, 0.29) is 28.6 Å². The highest BCUT2D eigenvalue weighted by atomic mass is 32.2. The molecule has 0 aromatic heterocycles. The Labute approximate surface area is 130 Å². The van der Waals surface area contributed by atoms with Crippen LogP contribution in [-0.2, 0) is 19.9 Å². The summed E-state index contributed by atoms with van der Waals surface area (Å²) < 4.78 is 60.9. The molecule has 124 valence electrons. The molecular weight excluding hydrogens is 330 g/mol. The number of nitrogens with one attached hydrogen (secondary N) is 1. The van der Waals surface area contributed by atoms with Crippen molar-refractivity contribution in [2.24, 2.45) is 0 Å². The monoisotopic (exact) mass is 349 g/mol. The number of hydrogen-bond donors (Lipinski definition) is 1. The lowest BCUT2D eigenvalue weighted by Crippen LogP contribution is -2.46. The van der Waals surface area contributed by atoms with Crippen molar-refractivity contribution >= 4 is 19.9 Å². The van der Waals surface area contributed by atoms with Crippen molar-refractivity contribution in [3.8, 4) is 11.5 Å². The molecule has 1 atom stereocenters. The predicted molar refractivity (Wildman–Crippen MR) is 81.5 cm³/mol. The van der Waals surface area contributed by atoms with E-state index in [9.17, 15) is 16.8 Å². The van der Waals surface area contributed by atoms with Crippen LogP contribution in [0, 0.1) is 0 Å². The van der Waals surface area contributed by atoms with Crippen LogP contribution in [0.4, 0.5) is 0 Å². The molecule has 9 heteroatoms. The molecule has 1 aliphatic heterocycles. The predicted octanol–water partition coefficient (Wildman–Crippen LogP) is 0.559. The summed E-state index contributed by atoms with van der Waals surface area (Å²) in [5, 5.41) is 0. The van der Waals surface area contributed by atoms with Crippen molar-refractivity contribution in [2.45, 2.75) is 23.8 Å². The second-order valence-electron chi connectivity index (χ2n) is 5.52. The minimum Gasteiger partial charge on any atom is -0.497 e. The van der Waals surface area contributed by atoms with Crippen LogP contribution in [-0.4, -0.2) is 48.1 Å². The number of benzene rings is 1. The molecule has 1 aliphatic rings. The van der Waals surface area contributed by atoms with Crippen LogP contribution in [0.25, 0.3) is 0 Å². The van der Waals surface area contributed by atoms with E-state index in [0.29, 0.717) is 5.75 Å². The molecule has 1 heterocycles. The maximum Gasteiger partial charge on any atom is 0.244 e. The van der Waals surface area contributed by atoms with Crippen LogP contribution in [0.15, 0.2) is 23.1 Å². The molecule has 0 saturated carbocycles.